The second-order valence-electron chi connectivity index (χ2n) is 7.85. The standard InChI is InChI=1S/C21H25ClFN5O2/c1-25-20(29)7-6-19(24-25)28-8-2-3-15(14-28)21(30)27-11-9-26(10-12-27)16-4-5-18(23)17(22)13-16/h4-7,13,15H,2-3,8-12,14H2,1H3/t15-/m1/s1. The molecule has 0 bridgehead atoms. The predicted octanol–water partition coefficient (Wildman–Crippen LogP) is 2.14. The van der Waals surface area contributed by atoms with Crippen molar-refractivity contribution in [3.05, 3.63) is 51.5 Å². The zero-order valence-corrected chi connectivity index (χ0v) is 17.7. The van der Waals surface area contributed by atoms with E-state index in [0.717, 1.165) is 30.9 Å². The molecule has 7 nitrogen and oxygen atoms in total. The molecule has 0 N–H and O–H groups in total. The molecule has 1 amide bonds. The molecule has 160 valence electrons. The van der Waals surface area contributed by atoms with Crippen molar-refractivity contribution >= 4 is 29.0 Å². The van der Waals surface area contributed by atoms with Crippen molar-refractivity contribution in [1.29, 1.82) is 0 Å². The van der Waals surface area contributed by atoms with Gasteiger partial charge in [-0.1, -0.05) is 11.6 Å². The molecule has 1 aromatic carbocycles. The lowest BCUT2D eigenvalue weighted by atomic mass is 9.96. The van der Waals surface area contributed by atoms with Gasteiger partial charge >= 0.3 is 0 Å². The Labute approximate surface area is 179 Å². The van der Waals surface area contributed by atoms with Crippen LogP contribution in [0.5, 0.6) is 0 Å². The van der Waals surface area contributed by atoms with Gasteiger partial charge in [-0.05, 0) is 37.1 Å². The Morgan fingerprint density at radius 1 is 1.10 bits per heavy atom. The molecule has 1 aromatic heterocycles. The first-order valence-electron chi connectivity index (χ1n) is 10.2. The number of benzene rings is 1. The van der Waals surface area contributed by atoms with Gasteiger partial charge in [-0.3, -0.25) is 9.59 Å². The molecule has 2 aromatic rings. The minimum absolute atomic E-state index is 0.0791. The van der Waals surface area contributed by atoms with Crippen LogP contribution in [0.4, 0.5) is 15.9 Å². The van der Waals surface area contributed by atoms with Crippen LogP contribution in [-0.2, 0) is 11.8 Å². The zero-order valence-electron chi connectivity index (χ0n) is 16.9. The first-order valence-corrected chi connectivity index (χ1v) is 10.6. The molecule has 9 heteroatoms. The van der Waals surface area contributed by atoms with Crippen molar-refractivity contribution in [3.8, 4) is 0 Å². The van der Waals surface area contributed by atoms with Crippen molar-refractivity contribution in [3.63, 3.8) is 0 Å². The summed E-state index contributed by atoms with van der Waals surface area (Å²) >= 11 is 5.90. The van der Waals surface area contributed by atoms with Gasteiger partial charge in [-0.15, -0.1) is 0 Å². The summed E-state index contributed by atoms with van der Waals surface area (Å²) in [7, 11) is 1.63. The molecule has 0 spiro atoms. The lowest BCUT2D eigenvalue weighted by Gasteiger charge is -2.40. The monoisotopic (exact) mass is 433 g/mol. The average molecular weight is 434 g/mol. The molecular formula is C21H25ClFN5O2. The Morgan fingerprint density at radius 2 is 1.87 bits per heavy atom. The van der Waals surface area contributed by atoms with Gasteiger partial charge in [-0.2, -0.15) is 5.10 Å². The molecule has 2 aliphatic heterocycles. The largest absolute Gasteiger partial charge is 0.368 e. The Morgan fingerprint density at radius 3 is 2.57 bits per heavy atom. The van der Waals surface area contributed by atoms with E-state index < -0.39 is 5.82 Å². The first-order chi connectivity index (χ1) is 14.4. The average Bonchev–Trinajstić information content (AvgIpc) is 2.77. The minimum Gasteiger partial charge on any atom is -0.368 e. The van der Waals surface area contributed by atoms with E-state index in [9.17, 15) is 14.0 Å². The van der Waals surface area contributed by atoms with E-state index in [-0.39, 0.29) is 22.4 Å². The normalized spacial score (nSPS) is 19.8. The maximum atomic E-state index is 13.4. The van der Waals surface area contributed by atoms with E-state index in [2.05, 4.69) is 14.9 Å². The van der Waals surface area contributed by atoms with Crippen molar-refractivity contribution in [2.45, 2.75) is 12.8 Å². The number of halogens is 2. The van der Waals surface area contributed by atoms with Crippen molar-refractivity contribution in [1.82, 2.24) is 14.7 Å². The van der Waals surface area contributed by atoms with Gasteiger partial charge in [0, 0.05) is 58.1 Å². The van der Waals surface area contributed by atoms with Gasteiger partial charge in [0.1, 0.15) is 11.6 Å². The molecule has 0 radical (unpaired) electrons. The van der Waals surface area contributed by atoms with Crippen LogP contribution in [0.25, 0.3) is 0 Å². The zero-order chi connectivity index (χ0) is 21.3. The number of piperazine rings is 1. The highest BCUT2D eigenvalue weighted by Crippen LogP contribution is 2.26. The summed E-state index contributed by atoms with van der Waals surface area (Å²) < 4.78 is 14.7. The summed E-state index contributed by atoms with van der Waals surface area (Å²) in [4.78, 5) is 30.8. The van der Waals surface area contributed by atoms with E-state index in [1.165, 1.54) is 16.8 Å². The third-order valence-electron chi connectivity index (χ3n) is 5.90. The van der Waals surface area contributed by atoms with Crippen LogP contribution in [0.15, 0.2) is 35.1 Å². The van der Waals surface area contributed by atoms with Crippen LogP contribution in [0.1, 0.15) is 12.8 Å². The molecule has 0 saturated carbocycles. The number of anilines is 2. The van der Waals surface area contributed by atoms with Gasteiger partial charge < -0.3 is 14.7 Å². The SMILES string of the molecule is Cn1nc(N2CCC[C@@H](C(=O)N3CCN(c4ccc(F)c(Cl)c4)CC3)C2)ccc1=O. The summed E-state index contributed by atoms with van der Waals surface area (Å²) in [5.74, 6) is 0.391. The smallest absolute Gasteiger partial charge is 0.266 e. The number of nitrogens with zero attached hydrogens (tertiary/aromatic N) is 5. The first kappa shape index (κ1) is 20.7. The Bertz CT molecular complexity index is 990. The highest BCUT2D eigenvalue weighted by molar-refractivity contribution is 6.31. The molecule has 0 aliphatic carbocycles. The minimum atomic E-state index is -0.427. The number of rotatable bonds is 3. The van der Waals surface area contributed by atoms with Crippen LogP contribution < -0.4 is 15.4 Å². The number of hydrogen-bond acceptors (Lipinski definition) is 5. The number of carbonyl (C=O) groups excluding carboxylic acids is 1. The molecule has 30 heavy (non-hydrogen) atoms. The van der Waals surface area contributed by atoms with Crippen molar-refractivity contribution < 1.29 is 9.18 Å². The molecule has 3 heterocycles. The molecule has 4 rings (SSSR count). The Balaban J connectivity index is 1.37. The van der Waals surface area contributed by atoms with Gasteiger partial charge in [0.25, 0.3) is 5.56 Å². The van der Waals surface area contributed by atoms with Crippen LogP contribution in [0.3, 0.4) is 0 Å². The highest BCUT2D eigenvalue weighted by Gasteiger charge is 2.31. The van der Waals surface area contributed by atoms with Crippen molar-refractivity contribution in [2.24, 2.45) is 13.0 Å². The fraction of sp³-hybridized carbons (Fsp3) is 0.476. The lowest BCUT2D eigenvalue weighted by molar-refractivity contribution is -0.136. The summed E-state index contributed by atoms with van der Waals surface area (Å²) in [6, 6.07) is 7.96. The van der Waals surface area contributed by atoms with E-state index in [1.54, 1.807) is 25.2 Å². The van der Waals surface area contributed by atoms with Crippen molar-refractivity contribution in [2.75, 3.05) is 49.1 Å². The Hall–Kier alpha value is -2.61. The maximum Gasteiger partial charge on any atom is 0.266 e. The van der Waals surface area contributed by atoms with Crippen LogP contribution in [0.2, 0.25) is 5.02 Å². The summed E-state index contributed by atoms with van der Waals surface area (Å²) in [5.41, 5.74) is 0.724. The second-order valence-corrected chi connectivity index (χ2v) is 8.26. The van der Waals surface area contributed by atoms with Crippen LogP contribution in [-0.4, -0.2) is 59.9 Å². The van der Waals surface area contributed by atoms with Crippen LogP contribution in [0, 0.1) is 11.7 Å². The molecular weight excluding hydrogens is 409 g/mol. The van der Waals surface area contributed by atoms with E-state index in [0.29, 0.717) is 32.7 Å². The third-order valence-corrected chi connectivity index (χ3v) is 6.19. The molecule has 1 atom stereocenters. The predicted molar refractivity (Wildman–Crippen MR) is 115 cm³/mol. The van der Waals surface area contributed by atoms with E-state index >= 15 is 0 Å². The van der Waals surface area contributed by atoms with E-state index in [1.807, 2.05) is 4.90 Å². The summed E-state index contributed by atoms with van der Waals surface area (Å²) in [6.07, 6.45) is 1.77. The van der Waals surface area contributed by atoms with Gasteiger partial charge in [-0.25, -0.2) is 9.07 Å². The fourth-order valence-electron chi connectivity index (χ4n) is 4.17. The topological polar surface area (TPSA) is 61.7 Å². The Kier molecular flexibility index (Phi) is 5.94. The number of hydrogen-bond donors (Lipinski definition) is 0. The number of carbonyl (C=O) groups is 1. The molecule has 2 saturated heterocycles. The number of aromatic nitrogens is 2. The third kappa shape index (κ3) is 4.28. The number of piperidine rings is 1. The molecule has 0 unspecified atom stereocenters. The summed E-state index contributed by atoms with van der Waals surface area (Å²) in [6.45, 7) is 4.07. The quantitative estimate of drug-likeness (QED) is 0.742. The lowest BCUT2D eigenvalue weighted by Crippen LogP contribution is -2.52. The van der Waals surface area contributed by atoms with Gasteiger partial charge in [0.05, 0.1) is 10.9 Å². The fourth-order valence-corrected chi connectivity index (χ4v) is 4.35. The van der Waals surface area contributed by atoms with Gasteiger partial charge in [0.2, 0.25) is 5.91 Å². The summed E-state index contributed by atoms with van der Waals surface area (Å²) in [5, 5.41) is 4.43. The van der Waals surface area contributed by atoms with E-state index in [4.69, 9.17) is 11.6 Å². The molecule has 2 fully saturated rings. The molecule has 2 aliphatic rings. The van der Waals surface area contributed by atoms with Gasteiger partial charge in [0.15, 0.2) is 0 Å². The number of amides is 1. The maximum absolute atomic E-state index is 13.4. The highest BCUT2D eigenvalue weighted by atomic mass is 35.5. The second kappa shape index (κ2) is 8.63. The number of aryl methyl sites for hydroxylation is 1. The van der Waals surface area contributed by atoms with Crippen LogP contribution >= 0.6 is 11.6 Å².